The lowest BCUT2D eigenvalue weighted by Gasteiger charge is -2.25. The van der Waals surface area contributed by atoms with E-state index in [-0.39, 0.29) is 0 Å². The van der Waals surface area contributed by atoms with E-state index in [1.165, 1.54) is 19.3 Å². The van der Waals surface area contributed by atoms with Crippen molar-refractivity contribution in [2.24, 2.45) is 5.73 Å². The highest BCUT2D eigenvalue weighted by molar-refractivity contribution is 6.15. The van der Waals surface area contributed by atoms with E-state index in [0.29, 0.717) is 5.04 Å². The van der Waals surface area contributed by atoms with Gasteiger partial charge < -0.3 is 5.73 Å². The number of nitrogens with two attached hydrogens (primary N) is 1. The van der Waals surface area contributed by atoms with Crippen LogP contribution in [0.25, 0.3) is 0 Å². The molecule has 0 spiro atoms. The minimum atomic E-state index is 0.360. The maximum atomic E-state index is 5.42. The molecule has 0 bridgehead atoms. The second kappa shape index (κ2) is 4.91. The van der Waals surface area contributed by atoms with Crippen molar-refractivity contribution in [3.63, 3.8) is 0 Å². The van der Waals surface area contributed by atoms with E-state index in [9.17, 15) is 0 Å². The summed E-state index contributed by atoms with van der Waals surface area (Å²) < 4.78 is 0. The lowest BCUT2D eigenvalue weighted by Crippen LogP contribution is -2.12. The smallest absolute Gasteiger partial charge is 0.0313 e. The molecule has 0 aromatic heterocycles. The van der Waals surface area contributed by atoms with Crippen molar-refractivity contribution in [1.82, 2.24) is 0 Å². The third-order valence-corrected chi connectivity index (χ3v) is 3.17. The molecule has 2 N–H and O–H groups in total. The fourth-order valence-corrected chi connectivity index (χ4v) is 1.22. The van der Waals surface area contributed by atoms with Crippen LogP contribution in [-0.4, -0.2) is 16.8 Å². The summed E-state index contributed by atoms with van der Waals surface area (Å²) in [4.78, 5) is 0. The van der Waals surface area contributed by atoms with Crippen molar-refractivity contribution in [1.29, 1.82) is 0 Å². The van der Waals surface area contributed by atoms with Crippen LogP contribution in [0.4, 0.5) is 0 Å². The van der Waals surface area contributed by atoms with Crippen molar-refractivity contribution >= 4 is 10.2 Å². The highest BCUT2D eigenvalue weighted by Gasteiger charge is 2.18. The number of hydrogen-bond acceptors (Lipinski definition) is 1. The first-order valence-corrected chi connectivity index (χ1v) is 4.63. The van der Waals surface area contributed by atoms with E-state index in [1.807, 2.05) is 0 Å². The van der Waals surface area contributed by atoms with Crippen LogP contribution in [0.5, 0.6) is 0 Å². The van der Waals surface area contributed by atoms with Crippen LogP contribution in [-0.2, 0) is 0 Å². The van der Waals surface area contributed by atoms with Crippen LogP contribution in [0.1, 0.15) is 39.5 Å². The summed E-state index contributed by atoms with van der Waals surface area (Å²) in [5, 5.41) is 0.360. The molecule has 3 radical (unpaired) electrons. The molecule has 0 rings (SSSR count). The Balaban J connectivity index is 3.58. The van der Waals surface area contributed by atoms with E-state index in [1.54, 1.807) is 0 Å². The van der Waals surface area contributed by atoms with Crippen molar-refractivity contribution < 1.29 is 0 Å². The van der Waals surface area contributed by atoms with Crippen molar-refractivity contribution in [3.8, 4) is 0 Å². The fraction of sp³-hybridized carbons (Fsp3) is 1.00. The summed E-state index contributed by atoms with van der Waals surface area (Å²) in [5.41, 5.74) is 5.42. The number of hydrogen-bond donors (Lipinski definition) is 1. The molecule has 0 saturated carbocycles. The van der Waals surface area contributed by atoms with Gasteiger partial charge in [-0.1, -0.05) is 26.7 Å². The van der Waals surface area contributed by atoms with Crippen LogP contribution in [0, 0.1) is 0 Å². The van der Waals surface area contributed by atoms with Gasteiger partial charge in [-0.25, -0.2) is 0 Å². The Morgan fingerprint density at radius 1 is 1.30 bits per heavy atom. The zero-order valence-corrected chi connectivity index (χ0v) is 8.11. The summed E-state index contributed by atoms with van der Waals surface area (Å²) in [7, 11) is 3.78. The second-order valence-electron chi connectivity index (χ2n) is 2.88. The van der Waals surface area contributed by atoms with E-state index >= 15 is 0 Å². The summed E-state index contributed by atoms with van der Waals surface area (Å²) >= 11 is 0. The van der Waals surface area contributed by atoms with E-state index in [0.717, 1.165) is 13.0 Å². The first kappa shape index (κ1) is 10.2. The van der Waals surface area contributed by atoms with Gasteiger partial charge in [0.15, 0.2) is 0 Å². The molecule has 0 aliphatic heterocycles. The van der Waals surface area contributed by atoms with Gasteiger partial charge in [0.1, 0.15) is 0 Å². The lowest BCUT2D eigenvalue weighted by atomic mass is 9.96. The van der Waals surface area contributed by atoms with Crippen LogP contribution >= 0.6 is 0 Å². The van der Waals surface area contributed by atoms with Gasteiger partial charge in [0.2, 0.25) is 0 Å². The van der Waals surface area contributed by atoms with Crippen LogP contribution in [0.2, 0.25) is 5.04 Å². The molecule has 0 heterocycles. The minimum Gasteiger partial charge on any atom is -0.330 e. The third-order valence-electron chi connectivity index (χ3n) is 2.21. The highest BCUT2D eigenvalue weighted by atomic mass is 28.1. The molecule has 0 aliphatic rings. The van der Waals surface area contributed by atoms with Crippen LogP contribution in [0.15, 0.2) is 0 Å². The molecule has 0 saturated heterocycles. The molecule has 59 valence electrons. The molecule has 0 amide bonds. The maximum absolute atomic E-state index is 5.42. The topological polar surface area (TPSA) is 26.0 Å². The molecular formula is C8H18NSi. The van der Waals surface area contributed by atoms with Crippen molar-refractivity contribution in [3.05, 3.63) is 0 Å². The SMILES string of the molecule is CCC([Si])(CC)CCCN. The third kappa shape index (κ3) is 3.37. The first-order chi connectivity index (χ1) is 4.68. The molecule has 0 aromatic rings. The Morgan fingerprint density at radius 3 is 2.10 bits per heavy atom. The zero-order valence-electron chi connectivity index (χ0n) is 7.11. The van der Waals surface area contributed by atoms with Gasteiger partial charge in [0.05, 0.1) is 0 Å². The Labute approximate surface area is 67.8 Å². The molecular weight excluding hydrogens is 138 g/mol. The normalized spacial score (nSPS) is 12.0. The average molecular weight is 156 g/mol. The summed E-state index contributed by atoms with van der Waals surface area (Å²) in [5.74, 6) is 0. The Hall–Kier alpha value is 0.177. The van der Waals surface area contributed by atoms with Gasteiger partial charge >= 0.3 is 0 Å². The molecule has 0 atom stereocenters. The minimum absolute atomic E-state index is 0.360. The highest BCUT2D eigenvalue weighted by Crippen LogP contribution is 2.35. The fourth-order valence-electron chi connectivity index (χ4n) is 1.04. The molecule has 10 heavy (non-hydrogen) atoms. The standard InChI is InChI=1S/C8H18NSi/c1-3-8(10,4-2)6-5-7-9/h3-7,9H2,1-2H3. The zero-order chi connectivity index (χ0) is 8.04. The lowest BCUT2D eigenvalue weighted by molar-refractivity contribution is 0.469. The Morgan fingerprint density at radius 2 is 1.80 bits per heavy atom. The van der Waals surface area contributed by atoms with Crippen molar-refractivity contribution in [2.45, 2.75) is 44.6 Å². The molecule has 0 fully saturated rings. The second-order valence-corrected chi connectivity index (χ2v) is 3.94. The quantitative estimate of drug-likeness (QED) is 0.604. The average Bonchev–Trinajstić information content (AvgIpc) is 2.00. The van der Waals surface area contributed by atoms with Gasteiger partial charge in [-0.15, -0.1) is 0 Å². The van der Waals surface area contributed by atoms with Gasteiger partial charge in [-0.05, 0) is 24.4 Å². The summed E-state index contributed by atoms with van der Waals surface area (Å²) in [6, 6.07) is 0. The molecule has 0 aliphatic carbocycles. The van der Waals surface area contributed by atoms with E-state index in [2.05, 4.69) is 24.1 Å². The number of rotatable bonds is 5. The predicted molar refractivity (Wildman–Crippen MR) is 47.3 cm³/mol. The molecule has 0 unspecified atom stereocenters. The van der Waals surface area contributed by atoms with E-state index < -0.39 is 0 Å². The van der Waals surface area contributed by atoms with Crippen LogP contribution in [0.3, 0.4) is 0 Å². The summed E-state index contributed by atoms with van der Waals surface area (Å²) in [6.07, 6.45) is 4.72. The van der Waals surface area contributed by atoms with Gasteiger partial charge in [-0.3, -0.25) is 0 Å². The van der Waals surface area contributed by atoms with E-state index in [4.69, 9.17) is 5.73 Å². The Bertz CT molecular complexity index is 79.3. The maximum Gasteiger partial charge on any atom is 0.0313 e. The van der Waals surface area contributed by atoms with Gasteiger partial charge in [-0.2, -0.15) is 0 Å². The Kier molecular flexibility index (Phi) is 5.00. The molecule has 2 heteroatoms. The van der Waals surface area contributed by atoms with Crippen molar-refractivity contribution in [2.75, 3.05) is 6.54 Å². The molecule has 1 nitrogen and oxygen atoms in total. The van der Waals surface area contributed by atoms with Gasteiger partial charge in [0, 0.05) is 10.2 Å². The summed E-state index contributed by atoms with van der Waals surface area (Å²) in [6.45, 7) is 5.24. The predicted octanol–water partition coefficient (Wildman–Crippen LogP) is 1.87. The van der Waals surface area contributed by atoms with Gasteiger partial charge in [0.25, 0.3) is 0 Å². The monoisotopic (exact) mass is 156 g/mol. The van der Waals surface area contributed by atoms with Crippen LogP contribution < -0.4 is 5.73 Å². The molecule has 0 aromatic carbocycles. The largest absolute Gasteiger partial charge is 0.330 e. The first-order valence-electron chi connectivity index (χ1n) is 4.13.